The molecule has 0 radical (unpaired) electrons. The number of likely N-dealkylation sites (tertiary alicyclic amines) is 1. The van der Waals surface area contributed by atoms with Gasteiger partial charge in [-0.05, 0) is 57.0 Å². The second kappa shape index (κ2) is 8.27. The lowest BCUT2D eigenvalue weighted by Gasteiger charge is -2.35. The molecule has 1 saturated heterocycles. The van der Waals surface area contributed by atoms with Gasteiger partial charge in [0, 0.05) is 32.1 Å². The van der Waals surface area contributed by atoms with Gasteiger partial charge >= 0.3 is 6.09 Å². The molecule has 0 saturated carbocycles. The summed E-state index contributed by atoms with van der Waals surface area (Å²) in [6, 6.07) is 8.95. The zero-order chi connectivity index (χ0) is 21.2. The first kappa shape index (κ1) is 20.9. The summed E-state index contributed by atoms with van der Waals surface area (Å²) < 4.78 is 5.41. The van der Waals surface area contributed by atoms with E-state index in [2.05, 4.69) is 4.98 Å². The number of piperidine rings is 1. The van der Waals surface area contributed by atoms with Crippen LogP contribution in [0.25, 0.3) is 10.8 Å². The fraction of sp³-hybridized carbons (Fsp3) is 0.500. The number of aromatic amines is 1. The first-order valence-electron chi connectivity index (χ1n) is 9.99. The zero-order valence-corrected chi connectivity index (χ0v) is 17.5. The van der Waals surface area contributed by atoms with E-state index in [-0.39, 0.29) is 23.5 Å². The molecule has 2 aromatic rings. The minimum atomic E-state index is -0.540. The molecule has 2 heterocycles. The predicted molar refractivity (Wildman–Crippen MR) is 112 cm³/mol. The Bertz CT molecular complexity index is 960. The Morgan fingerprint density at radius 2 is 2.00 bits per heavy atom. The molecular weight excluding hydrogens is 370 g/mol. The Hall–Kier alpha value is -2.83. The van der Waals surface area contributed by atoms with Crippen molar-refractivity contribution >= 4 is 22.8 Å². The number of nitrogens with zero attached hydrogens (tertiary/aromatic N) is 2. The van der Waals surface area contributed by atoms with E-state index in [9.17, 15) is 14.4 Å². The van der Waals surface area contributed by atoms with Crippen LogP contribution < -0.4 is 5.56 Å². The number of nitrogens with one attached hydrogen (secondary N) is 1. The Labute approximate surface area is 170 Å². The second-order valence-electron chi connectivity index (χ2n) is 8.72. The van der Waals surface area contributed by atoms with Gasteiger partial charge in [-0.25, -0.2) is 4.79 Å². The van der Waals surface area contributed by atoms with Crippen molar-refractivity contribution in [3.8, 4) is 0 Å². The van der Waals surface area contributed by atoms with Crippen molar-refractivity contribution < 1.29 is 14.3 Å². The average molecular weight is 399 g/mol. The van der Waals surface area contributed by atoms with Crippen molar-refractivity contribution in [1.82, 2.24) is 14.8 Å². The van der Waals surface area contributed by atoms with Crippen LogP contribution in [0, 0.1) is 5.92 Å². The highest BCUT2D eigenvalue weighted by Gasteiger charge is 2.28. The van der Waals surface area contributed by atoms with E-state index in [4.69, 9.17) is 4.74 Å². The molecule has 1 aromatic carbocycles. The van der Waals surface area contributed by atoms with Gasteiger partial charge in [0.15, 0.2) is 0 Å². The van der Waals surface area contributed by atoms with Crippen LogP contribution in [0.4, 0.5) is 4.79 Å². The number of ether oxygens (including phenoxy) is 1. The summed E-state index contributed by atoms with van der Waals surface area (Å²) in [4.78, 5) is 43.6. The lowest BCUT2D eigenvalue weighted by molar-refractivity contribution is 0.0244. The minimum Gasteiger partial charge on any atom is -0.444 e. The van der Waals surface area contributed by atoms with E-state index < -0.39 is 5.60 Å². The third kappa shape index (κ3) is 5.16. The summed E-state index contributed by atoms with van der Waals surface area (Å²) in [5.74, 6) is -0.0186. The Kier molecular flexibility index (Phi) is 5.96. The molecule has 3 rings (SSSR count). The van der Waals surface area contributed by atoms with Gasteiger partial charge in [-0.3, -0.25) is 9.59 Å². The number of fused-ring (bicyclic) bond motifs is 1. The van der Waals surface area contributed by atoms with Gasteiger partial charge in [0.1, 0.15) is 11.3 Å². The summed E-state index contributed by atoms with van der Waals surface area (Å²) in [5.41, 5.74) is -0.499. The van der Waals surface area contributed by atoms with E-state index in [1.807, 2.05) is 32.9 Å². The van der Waals surface area contributed by atoms with E-state index in [0.717, 1.165) is 18.2 Å². The van der Waals surface area contributed by atoms with Gasteiger partial charge in [-0.15, -0.1) is 0 Å². The van der Waals surface area contributed by atoms with Crippen LogP contribution in [-0.4, -0.2) is 59.1 Å². The monoisotopic (exact) mass is 399 g/mol. The summed E-state index contributed by atoms with van der Waals surface area (Å²) >= 11 is 0. The van der Waals surface area contributed by atoms with Gasteiger partial charge in [0.25, 0.3) is 11.5 Å². The molecule has 1 aliphatic heterocycles. The number of rotatable bonds is 3. The quantitative estimate of drug-likeness (QED) is 0.859. The normalized spacial score (nSPS) is 17.2. The maximum Gasteiger partial charge on any atom is 0.410 e. The largest absolute Gasteiger partial charge is 0.444 e. The van der Waals surface area contributed by atoms with Gasteiger partial charge in [0.2, 0.25) is 0 Å². The molecule has 0 spiro atoms. The van der Waals surface area contributed by atoms with Crippen molar-refractivity contribution in [2.45, 2.75) is 39.2 Å². The maximum absolute atomic E-state index is 13.0. The number of carbonyl (C=O) groups is 2. The number of hydrogen-bond donors (Lipinski definition) is 1. The Balaban J connectivity index is 1.68. The summed E-state index contributed by atoms with van der Waals surface area (Å²) in [6.07, 6.45) is 1.43. The number of benzene rings is 1. The average Bonchev–Trinajstić information content (AvgIpc) is 2.66. The molecule has 0 bridgehead atoms. The molecule has 1 aliphatic rings. The molecule has 29 heavy (non-hydrogen) atoms. The number of amides is 2. The van der Waals surface area contributed by atoms with Crippen LogP contribution in [0.1, 0.15) is 44.1 Å². The van der Waals surface area contributed by atoms with Crippen LogP contribution >= 0.6 is 0 Å². The molecule has 1 fully saturated rings. The first-order valence-corrected chi connectivity index (χ1v) is 9.99. The van der Waals surface area contributed by atoms with E-state index >= 15 is 0 Å². The van der Waals surface area contributed by atoms with Gasteiger partial charge < -0.3 is 19.5 Å². The van der Waals surface area contributed by atoms with Gasteiger partial charge in [-0.1, -0.05) is 18.2 Å². The molecule has 0 aliphatic carbocycles. The fourth-order valence-corrected chi connectivity index (χ4v) is 3.70. The van der Waals surface area contributed by atoms with E-state index in [0.29, 0.717) is 30.7 Å². The van der Waals surface area contributed by atoms with Crippen molar-refractivity contribution in [2.24, 2.45) is 5.92 Å². The molecule has 1 aromatic heterocycles. The standard InChI is InChI=1S/C22H29N3O4/c1-22(2,3)29-21(28)24(4)13-15-8-7-11-25(14-15)20(27)18-12-16-9-5-6-10-17(16)19(26)23-18/h5-6,9-10,12,15H,7-8,11,13-14H2,1-4H3,(H,23,26). The van der Waals surface area contributed by atoms with E-state index in [1.54, 1.807) is 35.0 Å². The number of pyridine rings is 1. The summed E-state index contributed by atoms with van der Waals surface area (Å²) in [7, 11) is 1.72. The smallest absolute Gasteiger partial charge is 0.410 e. The van der Waals surface area contributed by atoms with Crippen molar-refractivity contribution in [1.29, 1.82) is 0 Å². The lowest BCUT2D eigenvalue weighted by Crippen LogP contribution is -2.45. The Morgan fingerprint density at radius 1 is 1.28 bits per heavy atom. The van der Waals surface area contributed by atoms with Gasteiger partial charge in [-0.2, -0.15) is 0 Å². The van der Waals surface area contributed by atoms with Crippen molar-refractivity contribution in [2.75, 3.05) is 26.7 Å². The van der Waals surface area contributed by atoms with Crippen LogP contribution in [0.5, 0.6) is 0 Å². The third-order valence-electron chi connectivity index (χ3n) is 5.03. The molecule has 7 nitrogen and oxygen atoms in total. The van der Waals surface area contributed by atoms with Crippen LogP contribution in [0.2, 0.25) is 0 Å². The summed E-state index contributed by atoms with van der Waals surface area (Å²) in [6.45, 7) is 7.21. The number of carbonyl (C=O) groups excluding carboxylic acids is 2. The number of H-pyrrole nitrogens is 1. The molecule has 2 amide bonds. The fourth-order valence-electron chi connectivity index (χ4n) is 3.70. The highest BCUT2D eigenvalue weighted by molar-refractivity contribution is 5.96. The zero-order valence-electron chi connectivity index (χ0n) is 17.5. The highest BCUT2D eigenvalue weighted by atomic mass is 16.6. The number of aromatic nitrogens is 1. The summed E-state index contributed by atoms with van der Waals surface area (Å²) in [5, 5.41) is 1.32. The predicted octanol–water partition coefficient (Wildman–Crippen LogP) is 3.25. The molecule has 1 atom stereocenters. The topological polar surface area (TPSA) is 82.7 Å². The van der Waals surface area contributed by atoms with E-state index in [1.165, 1.54) is 0 Å². The van der Waals surface area contributed by atoms with Crippen LogP contribution in [-0.2, 0) is 4.74 Å². The molecular formula is C22H29N3O4. The minimum absolute atomic E-state index is 0.164. The molecule has 1 N–H and O–H groups in total. The molecule has 7 heteroatoms. The highest BCUT2D eigenvalue weighted by Crippen LogP contribution is 2.21. The van der Waals surface area contributed by atoms with Gasteiger partial charge in [0.05, 0.1) is 0 Å². The first-order chi connectivity index (χ1) is 13.6. The van der Waals surface area contributed by atoms with Crippen molar-refractivity contribution in [3.05, 3.63) is 46.4 Å². The third-order valence-corrected chi connectivity index (χ3v) is 5.03. The van der Waals surface area contributed by atoms with Crippen LogP contribution in [0.3, 0.4) is 0 Å². The number of hydrogen-bond acceptors (Lipinski definition) is 4. The SMILES string of the molecule is CN(CC1CCCN(C(=O)c2cc3ccccc3c(=O)[nH]2)C1)C(=O)OC(C)(C)C. The molecule has 156 valence electrons. The maximum atomic E-state index is 13.0. The second-order valence-corrected chi connectivity index (χ2v) is 8.72. The van der Waals surface area contributed by atoms with Crippen LogP contribution in [0.15, 0.2) is 35.1 Å². The lowest BCUT2D eigenvalue weighted by atomic mass is 9.97. The Morgan fingerprint density at radius 3 is 2.72 bits per heavy atom. The molecule has 1 unspecified atom stereocenters. The van der Waals surface area contributed by atoms with Crippen molar-refractivity contribution in [3.63, 3.8) is 0 Å².